The average molecular weight is 122 g/mol. The van der Waals surface area contributed by atoms with Crippen molar-refractivity contribution in [1.82, 2.24) is 0 Å². The van der Waals surface area contributed by atoms with Gasteiger partial charge in [0.1, 0.15) is 0 Å². The largest absolute Gasteiger partial charge is 0.385 e. The van der Waals surface area contributed by atoms with Crippen molar-refractivity contribution in [3.8, 4) is 0 Å². The topological polar surface area (TPSA) is 20.2 Å². The Kier molecular flexibility index (Phi) is 1.54. The molecule has 0 aliphatic heterocycles. The van der Waals surface area contributed by atoms with Gasteiger partial charge in [-0.1, -0.05) is 30.9 Å². The second-order valence-electron chi connectivity index (χ2n) is 2.30. The Balaban J connectivity index is 2.76. The van der Waals surface area contributed by atoms with E-state index in [-0.39, 0.29) is 0 Å². The second-order valence-corrected chi connectivity index (χ2v) is 2.30. The zero-order chi connectivity index (χ0) is 6.85. The minimum absolute atomic E-state index is 0.449. The Morgan fingerprint density at radius 3 is 2.67 bits per heavy atom. The van der Waals surface area contributed by atoms with E-state index in [1.807, 2.05) is 6.08 Å². The standard InChI is InChI=1S/C8H10O/c1-6-3-4-8(9)7(2)5-6/h3-4,8-9H,1-2,5H2. The Bertz CT molecular complexity index is 177. The Morgan fingerprint density at radius 2 is 2.22 bits per heavy atom. The van der Waals surface area contributed by atoms with E-state index in [1.54, 1.807) is 6.08 Å². The molecule has 1 aliphatic carbocycles. The highest BCUT2D eigenvalue weighted by molar-refractivity contribution is 5.31. The lowest BCUT2D eigenvalue weighted by atomic mass is 9.97. The summed E-state index contributed by atoms with van der Waals surface area (Å²) in [6.45, 7) is 7.42. The van der Waals surface area contributed by atoms with Crippen LogP contribution in [-0.2, 0) is 0 Å². The highest BCUT2D eigenvalue weighted by atomic mass is 16.3. The van der Waals surface area contributed by atoms with Crippen molar-refractivity contribution in [3.05, 3.63) is 36.5 Å². The fourth-order valence-electron chi connectivity index (χ4n) is 0.818. The average Bonchev–Trinajstić information content (AvgIpc) is 1.80. The normalized spacial score (nSPS) is 27.0. The van der Waals surface area contributed by atoms with E-state index < -0.39 is 6.10 Å². The van der Waals surface area contributed by atoms with Crippen LogP contribution in [0.25, 0.3) is 0 Å². The van der Waals surface area contributed by atoms with E-state index in [1.165, 1.54) is 0 Å². The third-order valence-corrected chi connectivity index (χ3v) is 1.39. The maximum Gasteiger partial charge on any atom is 0.0935 e. The Labute approximate surface area is 55.0 Å². The molecule has 0 bridgehead atoms. The summed E-state index contributed by atoms with van der Waals surface area (Å²) in [7, 11) is 0. The fourth-order valence-corrected chi connectivity index (χ4v) is 0.818. The number of hydrogen-bond acceptors (Lipinski definition) is 1. The van der Waals surface area contributed by atoms with Crippen molar-refractivity contribution in [2.24, 2.45) is 0 Å². The zero-order valence-corrected chi connectivity index (χ0v) is 5.30. The summed E-state index contributed by atoms with van der Waals surface area (Å²) < 4.78 is 0. The molecule has 1 aliphatic rings. The maximum absolute atomic E-state index is 9.07. The minimum atomic E-state index is -0.449. The molecule has 9 heavy (non-hydrogen) atoms. The van der Waals surface area contributed by atoms with Crippen LogP contribution in [0.1, 0.15) is 6.42 Å². The second kappa shape index (κ2) is 2.19. The molecule has 0 saturated heterocycles. The molecule has 1 nitrogen and oxygen atoms in total. The zero-order valence-electron chi connectivity index (χ0n) is 5.30. The monoisotopic (exact) mass is 122 g/mol. The van der Waals surface area contributed by atoms with Crippen molar-refractivity contribution in [2.45, 2.75) is 12.5 Å². The van der Waals surface area contributed by atoms with Crippen LogP contribution in [0, 0.1) is 0 Å². The van der Waals surface area contributed by atoms with Gasteiger partial charge in [-0.2, -0.15) is 0 Å². The van der Waals surface area contributed by atoms with E-state index in [0.717, 1.165) is 17.6 Å². The lowest BCUT2D eigenvalue weighted by molar-refractivity contribution is 0.254. The highest BCUT2D eigenvalue weighted by Crippen LogP contribution is 2.18. The van der Waals surface area contributed by atoms with Gasteiger partial charge in [0.15, 0.2) is 0 Å². The summed E-state index contributed by atoms with van der Waals surface area (Å²) >= 11 is 0. The van der Waals surface area contributed by atoms with Crippen LogP contribution in [0.3, 0.4) is 0 Å². The lowest BCUT2D eigenvalue weighted by Gasteiger charge is -2.14. The lowest BCUT2D eigenvalue weighted by Crippen LogP contribution is -2.09. The summed E-state index contributed by atoms with van der Waals surface area (Å²) in [6.07, 6.45) is 3.82. The molecule has 1 unspecified atom stereocenters. The van der Waals surface area contributed by atoms with Gasteiger partial charge in [0, 0.05) is 0 Å². The van der Waals surface area contributed by atoms with E-state index >= 15 is 0 Å². The van der Waals surface area contributed by atoms with E-state index in [4.69, 9.17) is 5.11 Å². The third-order valence-electron chi connectivity index (χ3n) is 1.39. The predicted molar refractivity (Wildman–Crippen MR) is 38.0 cm³/mol. The Hall–Kier alpha value is -0.820. The van der Waals surface area contributed by atoms with Gasteiger partial charge in [0.25, 0.3) is 0 Å². The molecule has 0 aromatic rings. The molecule has 0 radical (unpaired) electrons. The molecule has 0 heterocycles. The number of aliphatic hydroxyl groups is 1. The van der Waals surface area contributed by atoms with Gasteiger partial charge in [0.05, 0.1) is 6.10 Å². The van der Waals surface area contributed by atoms with Gasteiger partial charge in [-0.15, -0.1) is 0 Å². The van der Waals surface area contributed by atoms with Gasteiger partial charge in [-0.25, -0.2) is 0 Å². The molecule has 1 rings (SSSR count). The van der Waals surface area contributed by atoms with Crippen LogP contribution >= 0.6 is 0 Å². The molecule has 1 heteroatoms. The van der Waals surface area contributed by atoms with Gasteiger partial charge in [-0.3, -0.25) is 0 Å². The molecule has 48 valence electrons. The SMILES string of the molecule is C=C1C=CC(O)C(=C)C1. The number of rotatable bonds is 0. The third kappa shape index (κ3) is 1.30. The molecule has 0 fully saturated rings. The number of aliphatic hydroxyl groups excluding tert-OH is 1. The first-order valence-electron chi connectivity index (χ1n) is 2.92. The first kappa shape index (κ1) is 6.30. The number of allylic oxidation sites excluding steroid dienone is 2. The summed E-state index contributed by atoms with van der Waals surface area (Å²) in [5.74, 6) is 0. The van der Waals surface area contributed by atoms with Gasteiger partial charge in [-0.05, 0) is 12.0 Å². The summed E-state index contributed by atoms with van der Waals surface area (Å²) in [4.78, 5) is 0. The maximum atomic E-state index is 9.07. The van der Waals surface area contributed by atoms with Crippen LogP contribution in [0.15, 0.2) is 36.5 Å². The molecular formula is C8H10O. The van der Waals surface area contributed by atoms with Crippen LogP contribution < -0.4 is 0 Å². The van der Waals surface area contributed by atoms with Crippen molar-refractivity contribution < 1.29 is 5.11 Å². The number of hydrogen-bond donors (Lipinski definition) is 1. The molecule has 0 aromatic carbocycles. The molecular weight excluding hydrogens is 112 g/mol. The van der Waals surface area contributed by atoms with Gasteiger partial charge in [0.2, 0.25) is 0 Å². The smallest absolute Gasteiger partial charge is 0.0935 e. The molecule has 1 N–H and O–H groups in total. The van der Waals surface area contributed by atoms with E-state index in [9.17, 15) is 0 Å². The summed E-state index contributed by atoms with van der Waals surface area (Å²) in [5, 5.41) is 9.07. The minimum Gasteiger partial charge on any atom is -0.385 e. The van der Waals surface area contributed by atoms with Crippen molar-refractivity contribution in [1.29, 1.82) is 0 Å². The molecule has 0 amide bonds. The first-order chi connectivity index (χ1) is 4.20. The molecule has 0 aromatic heterocycles. The fraction of sp³-hybridized carbons (Fsp3) is 0.250. The van der Waals surface area contributed by atoms with Gasteiger partial charge >= 0.3 is 0 Å². The predicted octanol–water partition coefficient (Wildman–Crippen LogP) is 1.42. The van der Waals surface area contributed by atoms with Crippen molar-refractivity contribution >= 4 is 0 Å². The Morgan fingerprint density at radius 1 is 1.56 bits per heavy atom. The van der Waals surface area contributed by atoms with Crippen molar-refractivity contribution in [3.63, 3.8) is 0 Å². The van der Waals surface area contributed by atoms with Crippen LogP contribution in [0.2, 0.25) is 0 Å². The highest BCUT2D eigenvalue weighted by Gasteiger charge is 2.09. The van der Waals surface area contributed by atoms with E-state index in [2.05, 4.69) is 13.2 Å². The molecule has 0 spiro atoms. The summed E-state index contributed by atoms with van der Waals surface area (Å²) in [6, 6.07) is 0. The quantitative estimate of drug-likeness (QED) is 0.482. The van der Waals surface area contributed by atoms with Crippen LogP contribution in [-0.4, -0.2) is 11.2 Å². The molecule has 0 saturated carbocycles. The van der Waals surface area contributed by atoms with Gasteiger partial charge < -0.3 is 5.11 Å². The van der Waals surface area contributed by atoms with Crippen LogP contribution in [0.4, 0.5) is 0 Å². The first-order valence-corrected chi connectivity index (χ1v) is 2.92. The summed E-state index contributed by atoms with van der Waals surface area (Å²) in [5.41, 5.74) is 1.85. The molecule has 1 atom stereocenters. The van der Waals surface area contributed by atoms with Crippen molar-refractivity contribution in [2.75, 3.05) is 0 Å². The van der Waals surface area contributed by atoms with Crippen LogP contribution in [0.5, 0.6) is 0 Å². The van der Waals surface area contributed by atoms with E-state index in [0.29, 0.717) is 0 Å².